The van der Waals surface area contributed by atoms with Crippen molar-refractivity contribution in [2.45, 2.75) is 57.9 Å². The van der Waals surface area contributed by atoms with Crippen molar-refractivity contribution in [1.29, 1.82) is 0 Å². The van der Waals surface area contributed by atoms with Crippen molar-refractivity contribution in [3.05, 3.63) is 40.7 Å². The summed E-state index contributed by atoms with van der Waals surface area (Å²) in [6.45, 7) is 6.08. The average Bonchev–Trinajstić information content (AvgIpc) is 3.35. The van der Waals surface area contributed by atoms with Crippen LogP contribution >= 0.6 is 11.3 Å². The van der Waals surface area contributed by atoms with Gasteiger partial charge in [0, 0.05) is 36.5 Å². The lowest BCUT2D eigenvalue weighted by molar-refractivity contribution is 0.306. The zero-order chi connectivity index (χ0) is 18.2. The number of aromatic nitrogens is 1. The Morgan fingerprint density at radius 2 is 2.31 bits per heavy atom. The van der Waals surface area contributed by atoms with E-state index >= 15 is 0 Å². The molecule has 0 spiro atoms. The number of nitrogens with zero attached hydrogens (tertiary/aromatic N) is 2. The summed E-state index contributed by atoms with van der Waals surface area (Å²) in [5, 5.41) is 10.3. The number of rotatable bonds is 7. The molecule has 5 nitrogen and oxygen atoms in total. The van der Waals surface area contributed by atoms with Crippen LogP contribution in [0, 0.1) is 5.92 Å². The highest BCUT2D eigenvalue weighted by Crippen LogP contribution is 2.23. The molecule has 26 heavy (non-hydrogen) atoms. The molecule has 1 aliphatic rings. The highest BCUT2D eigenvalue weighted by atomic mass is 32.1. The minimum atomic E-state index is 0.336. The Kier molecular flexibility index (Phi) is 7.12. The van der Waals surface area contributed by atoms with Gasteiger partial charge in [-0.25, -0.2) is 4.98 Å². The summed E-state index contributed by atoms with van der Waals surface area (Å²) >= 11 is 1.70. The Morgan fingerprint density at radius 1 is 1.42 bits per heavy atom. The first-order valence-electron chi connectivity index (χ1n) is 9.69. The van der Waals surface area contributed by atoms with E-state index in [-0.39, 0.29) is 0 Å². The molecular formula is C20H30N4OS. The summed E-state index contributed by atoms with van der Waals surface area (Å²) in [6, 6.07) is 4.45. The van der Waals surface area contributed by atoms with E-state index in [1.807, 2.05) is 23.7 Å². The summed E-state index contributed by atoms with van der Waals surface area (Å²) in [6.07, 6.45) is 9.62. The highest BCUT2D eigenvalue weighted by Gasteiger charge is 2.22. The molecule has 0 radical (unpaired) electrons. The van der Waals surface area contributed by atoms with E-state index in [0.29, 0.717) is 17.9 Å². The first-order chi connectivity index (χ1) is 12.7. The third-order valence-corrected chi connectivity index (χ3v) is 6.08. The molecule has 1 saturated carbocycles. The van der Waals surface area contributed by atoms with E-state index in [1.54, 1.807) is 17.6 Å². The molecule has 3 unspecified atom stereocenters. The van der Waals surface area contributed by atoms with Gasteiger partial charge in [-0.05, 0) is 30.9 Å². The minimum Gasteiger partial charge on any atom is -0.469 e. The standard InChI is InChI=1S/C20H30N4OS/c1-15-6-3-4-8-18(15)24-20(22-10-9-17-7-5-12-25-17)23-14-16(2)19-21-11-13-26-19/h5,7,11-13,15-16,18H,3-4,6,8-10,14H2,1-2H3,(H2,22,23,24). The maximum Gasteiger partial charge on any atom is 0.191 e. The Labute approximate surface area is 160 Å². The summed E-state index contributed by atoms with van der Waals surface area (Å²) in [7, 11) is 0. The molecule has 0 aliphatic heterocycles. The monoisotopic (exact) mass is 374 g/mol. The molecule has 3 atom stereocenters. The lowest BCUT2D eigenvalue weighted by Gasteiger charge is -2.31. The number of furan rings is 1. The molecule has 0 saturated heterocycles. The fourth-order valence-electron chi connectivity index (χ4n) is 3.40. The molecule has 2 N–H and O–H groups in total. The van der Waals surface area contributed by atoms with Crippen molar-refractivity contribution < 1.29 is 4.42 Å². The van der Waals surface area contributed by atoms with Crippen molar-refractivity contribution in [3.63, 3.8) is 0 Å². The lowest BCUT2D eigenvalue weighted by Crippen LogP contribution is -2.47. The number of guanidine groups is 1. The quantitative estimate of drug-likeness (QED) is 0.563. The zero-order valence-corrected chi connectivity index (χ0v) is 16.6. The average molecular weight is 375 g/mol. The van der Waals surface area contributed by atoms with Gasteiger partial charge in [-0.1, -0.05) is 26.7 Å². The van der Waals surface area contributed by atoms with Crippen molar-refractivity contribution >= 4 is 17.3 Å². The molecule has 142 valence electrons. The second kappa shape index (κ2) is 9.76. The topological polar surface area (TPSA) is 62.5 Å². The Bertz CT molecular complexity index is 653. The maximum absolute atomic E-state index is 5.42. The number of nitrogens with one attached hydrogen (secondary N) is 2. The van der Waals surface area contributed by atoms with Crippen molar-refractivity contribution in [2.24, 2.45) is 10.9 Å². The van der Waals surface area contributed by atoms with Gasteiger partial charge in [0.15, 0.2) is 5.96 Å². The van der Waals surface area contributed by atoms with Gasteiger partial charge in [0.2, 0.25) is 0 Å². The normalized spacial score (nSPS) is 22.2. The summed E-state index contributed by atoms with van der Waals surface area (Å²) in [5.74, 6) is 2.94. The molecule has 0 amide bonds. The summed E-state index contributed by atoms with van der Waals surface area (Å²) in [5.41, 5.74) is 0. The number of thiazole rings is 1. The first kappa shape index (κ1) is 19.0. The van der Waals surface area contributed by atoms with Crippen molar-refractivity contribution in [2.75, 3.05) is 13.1 Å². The van der Waals surface area contributed by atoms with Crippen LogP contribution in [0.2, 0.25) is 0 Å². The molecule has 3 rings (SSSR count). The number of aliphatic imine (C=N–C) groups is 1. The molecule has 1 fully saturated rings. The fraction of sp³-hybridized carbons (Fsp3) is 0.600. The summed E-state index contributed by atoms with van der Waals surface area (Å²) < 4.78 is 5.42. The fourth-order valence-corrected chi connectivity index (χ4v) is 4.09. The van der Waals surface area contributed by atoms with E-state index in [2.05, 4.69) is 29.5 Å². The van der Waals surface area contributed by atoms with Crippen LogP contribution < -0.4 is 10.6 Å². The molecule has 1 aliphatic carbocycles. The van der Waals surface area contributed by atoms with Crippen LogP contribution in [-0.2, 0) is 6.42 Å². The second-order valence-corrected chi connectivity index (χ2v) is 8.16. The number of hydrogen-bond donors (Lipinski definition) is 2. The van der Waals surface area contributed by atoms with E-state index < -0.39 is 0 Å². The van der Waals surface area contributed by atoms with Gasteiger partial charge >= 0.3 is 0 Å². The third-order valence-electron chi connectivity index (χ3n) is 5.07. The van der Waals surface area contributed by atoms with Gasteiger partial charge in [0.25, 0.3) is 0 Å². The Hall–Kier alpha value is -1.82. The second-order valence-electron chi connectivity index (χ2n) is 7.23. The van der Waals surface area contributed by atoms with Crippen molar-refractivity contribution in [3.8, 4) is 0 Å². The van der Waals surface area contributed by atoms with E-state index in [1.165, 1.54) is 25.7 Å². The first-order valence-corrected chi connectivity index (χ1v) is 10.6. The van der Waals surface area contributed by atoms with Gasteiger partial charge in [0.1, 0.15) is 5.76 Å². The molecule has 6 heteroatoms. The molecule has 0 aromatic carbocycles. The lowest BCUT2D eigenvalue weighted by atomic mass is 9.86. The maximum atomic E-state index is 5.42. The smallest absolute Gasteiger partial charge is 0.191 e. The van der Waals surface area contributed by atoms with Crippen molar-refractivity contribution in [1.82, 2.24) is 15.6 Å². The van der Waals surface area contributed by atoms with Crippen LogP contribution in [0.3, 0.4) is 0 Å². The van der Waals surface area contributed by atoms with Gasteiger partial charge in [-0.2, -0.15) is 0 Å². The highest BCUT2D eigenvalue weighted by molar-refractivity contribution is 7.09. The molecule has 2 aromatic heterocycles. The van der Waals surface area contributed by atoms with E-state index in [4.69, 9.17) is 9.41 Å². The van der Waals surface area contributed by atoms with Crippen LogP contribution in [0.5, 0.6) is 0 Å². The van der Waals surface area contributed by atoms with Crippen LogP contribution in [0.25, 0.3) is 0 Å². The van der Waals surface area contributed by atoms with Crippen LogP contribution in [-0.4, -0.2) is 30.1 Å². The zero-order valence-electron chi connectivity index (χ0n) is 15.8. The van der Waals surface area contributed by atoms with Gasteiger partial charge in [0.05, 0.1) is 17.8 Å². The predicted molar refractivity (Wildman–Crippen MR) is 108 cm³/mol. The van der Waals surface area contributed by atoms with Gasteiger partial charge in [-0.3, -0.25) is 4.99 Å². The molecular weight excluding hydrogens is 344 g/mol. The van der Waals surface area contributed by atoms with E-state index in [0.717, 1.165) is 36.2 Å². The van der Waals surface area contributed by atoms with Gasteiger partial charge in [-0.15, -0.1) is 11.3 Å². The van der Waals surface area contributed by atoms with Crippen LogP contribution in [0.4, 0.5) is 0 Å². The molecule has 0 bridgehead atoms. The Morgan fingerprint density at radius 3 is 3.04 bits per heavy atom. The van der Waals surface area contributed by atoms with Gasteiger partial charge < -0.3 is 15.1 Å². The predicted octanol–water partition coefficient (Wildman–Crippen LogP) is 4.20. The SMILES string of the molecule is CC(CN=C(NCCc1ccco1)NC1CCCCC1C)c1nccs1. The Balaban J connectivity index is 1.58. The molecule has 2 heterocycles. The van der Waals surface area contributed by atoms with Crippen LogP contribution in [0.1, 0.15) is 56.2 Å². The largest absolute Gasteiger partial charge is 0.469 e. The molecule has 2 aromatic rings. The summed E-state index contributed by atoms with van der Waals surface area (Å²) in [4.78, 5) is 9.27. The third kappa shape index (κ3) is 5.59. The minimum absolute atomic E-state index is 0.336. The van der Waals surface area contributed by atoms with Crippen LogP contribution in [0.15, 0.2) is 39.4 Å². The number of hydrogen-bond acceptors (Lipinski definition) is 4. The van der Waals surface area contributed by atoms with E-state index in [9.17, 15) is 0 Å².